The van der Waals surface area contributed by atoms with Crippen LogP contribution in [-0.2, 0) is 9.53 Å². The molecule has 0 radical (unpaired) electrons. The first-order chi connectivity index (χ1) is 9.83. The maximum atomic E-state index is 12.4. The third-order valence-corrected chi connectivity index (χ3v) is 4.56. The number of nitrogens with zero attached hydrogens (tertiary/aromatic N) is 1. The van der Waals surface area contributed by atoms with Crippen molar-refractivity contribution in [1.29, 1.82) is 0 Å². The molecule has 0 aromatic heterocycles. The molecule has 2 atom stereocenters. The number of carbonyl (C=O) groups excluding carboxylic acids is 1. The summed E-state index contributed by atoms with van der Waals surface area (Å²) in [6, 6.07) is 1.02. The molecule has 0 aromatic carbocycles. The van der Waals surface area contributed by atoms with Gasteiger partial charge < -0.3 is 20.3 Å². The van der Waals surface area contributed by atoms with E-state index in [2.05, 4.69) is 15.5 Å². The predicted molar refractivity (Wildman–Crippen MR) is 77.6 cm³/mol. The summed E-state index contributed by atoms with van der Waals surface area (Å²) in [5.74, 6) is 0.263. The van der Waals surface area contributed by atoms with Gasteiger partial charge in [0, 0.05) is 31.8 Å². The number of ether oxygens (including phenoxy) is 1. The predicted octanol–water partition coefficient (Wildman–Crippen LogP) is 0.498. The number of amides is 1. The van der Waals surface area contributed by atoms with Crippen molar-refractivity contribution in [2.45, 2.75) is 56.7 Å². The van der Waals surface area contributed by atoms with E-state index < -0.39 is 0 Å². The van der Waals surface area contributed by atoms with E-state index in [1.807, 2.05) is 0 Å². The lowest BCUT2D eigenvalue weighted by atomic mass is 10.2. The Labute approximate surface area is 121 Å². The third kappa shape index (κ3) is 3.93. The second kappa shape index (κ2) is 6.87. The first-order valence-electron chi connectivity index (χ1n) is 8.18. The quantitative estimate of drug-likeness (QED) is 0.713. The summed E-state index contributed by atoms with van der Waals surface area (Å²) in [5.41, 5.74) is 0. The molecule has 3 aliphatic rings. The van der Waals surface area contributed by atoms with Gasteiger partial charge in [-0.1, -0.05) is 0 Å². The zero-order valence-corrected chi connectivity index (χ0v) is 12.3. The highest BCUT2D eigenvalue weighted by atomic mass is 16.5. The highest BCUT2D eigenvalue weighted by molar-refractivity contribution is 5.79. The molecule has 3 fully saturated rings. The van der Waals surface area contributed by atoms with Crippen LogP contribution in [-0.4, -0.2) is 61.8 Å². The molecule has 5 heteroatoms. The van der Waals surface area contributed by atoms with Crippen molar-refractivity contribution in [3.8, 4) is 0 Å². The zero-order valence-electron chi connectivity index (χ0n) is 12.3. The molecular weight excluding hydrogens is 254 g/mol. The molecule has 5 nitrogen and oxygen atoms in total. The van der Waals surface area contributed by atoms with Gasteiger partial charge in [0.25, 0.3) is 0 Å². The fourth-order valence-electron chi connectivity index (χ4n) is 3.24. The van der Waals surface area contributed by atoms with Crippen LogP contribution in [0.5, 0.6) is 0 Å². The highest BCUT2D eigenvalue weighted by Crippen LogP contribution is 2.27. The summed E-state index contributed by atoms with van der Waals surface area (Å²) in [6.45, 7) is 4.15. The van der Waals surface area contributed by atoms with Gasteiger partial charge in [-0.05, 0) is 45.1 Å². The van der Waals surface area contributed by atoms with Crippen LogP contribution in [0.2, 0.25) is 0 Å². The Balaban J connectivity index is 1.40. The SMILES string of the molecule is O=C(CNC[C@H]1CCCO1)N(C[C@H]1CCCN1)C1CC1. The molecule has 2 heterocycles. The van der Waals surface area contributed by atoms with Gasteiger partial charge in [0.05, 0.1) is 12.6 Å². The standard InChI is InChI=1S/C15H27N3O2/c19-15(10-16-9-14-4-2-8-20-14)18(13-5-6-13)11-12-3-1-7-17-12/h12-14,16-17H,1-11H2/t12-,14-/m1/s1. The van der Waals surface area contributed by atoms with E-state index in [9.17, 15) is 4.79 Å². The Morgan fingerprint density at radius 1 is 1.25 bits per heavy atom. The van der Waals surface area contributed by atoms with Crippen molar-refractivity contribution in [1.82, 2.24) is 15.5 Å². The van der Waals surface area contributed by atoms with Gasteiger partial charge in [-0.3, -0.25) is 4.79 Å². The van der Waals surface area contributed by atoms with E-state index >= 15 is 0 Å². The van der Waals surface area contributed by atoms with Gasteiger partial charge in [0.2, 0.25) is 5.91 Å². The fourth-order valence-corrected chi connectivity index (χ4v) is 3.24. The Morgan fingerprint density at radius 2 is 2.15 bits per heavy atom. The van der Waals surface area contributed by atoms with E-state index in [0.717, 1.165) is 39.1 Å². The molecule has 20 heavy (non-hydrogen) atoms. The number of carbonyl (C=O) groups is 1. The van der Waals surface area contributed by atoms with Gasteiger partial charge in [-0.15, -0.1) is 0 Å². The van der Waals surface area contributed by atoms with Gasteiger partial charge in [0.15, 0.2) is 0 Å². The molecular formula is C15H27N3O2. The molecule has 0 spiro atoms. The summed E-state index contributed by atoms with van der Waals surface area (Å²) in [7, 11) is 0. The average Bonchev–Trinajstić information content (AvgIpc) is 2.93. The van der Waals surface area contributed by atoms with Crippen molar-refractivity contribution in [2.24, 2.45) is 0 Å². The largest absolute Gasteiger partial charge is 0.377 e. The smallest absolute Gasteiger partial charge is 0.236 e. The summed E-state index contributed by atoms with van der Waals surface area (Å²) in [5, 5.41) is 6.77. The van der Waals surface area contributed by atoms with Crippen LogP contribution in [0.15, 0.2) is 0 Å². The molecule has 0 unspecified atom stereocenters. The van der Waals surface area contributed by atoms with Gasteiger partial charge in [-0.2, -0.15) is 0 Å². The third-order valence-electron chi connectivity index (χ3n) is 4.56. The minimum Gasteiger partial charge on any atom is -0.377 e. The fraction of sp³-hybridized carbons (Fsp3) is 0.933. The Morgan fingerprint density at radius 3 is 2.80 bits per heavy atom. The van der Waals surface area contributed by atoms with Crippen LogP contribution < -0.4 is 10.6 Å². The van der Waals surface area contributed by atoms with E-state index in [0.29, 0.717) is 24.7 Å². The average molecular weight is 281 g/mol. The second-order valence-corrected chi connectivity index (χ2v) is 6.34. The molecule has 0 aromatic rings. The highest BCUT2D eigenvalue weighted by Gasteiger charge is 2.34. The van der Waals surface area contributed by atoms with E-state index in [1.165, 1.54) is 25.7 Å². The summed E-state index contributed by atoms with van der Waals surface area (Å²) in [6.07, 6.45) is 7.42. The number of hydrogen-bond donors (Lipinski definition) is 2. The number of hydrogen-bond acceptors (Lipinski definition) is 4. The van der Waals surface area contributed by atoms with Gasteiger partial charge in [-0.25, -0.2) is 0 Å². The first-order valence-corrected chi connectivity index (χ1v) is 8.18. The van der Waals surface area contributed by atoms with E-state index in [1.54, 1.807) is 0 Å². The Bertz CT molecular complexity index is 321. The van der Waals surface area contributed by atoms with Crippen molar-refractivity contribution in [2.75, 3.05) is 32.8 Å². The van der Waals surface area contributed by atoms with Crippen LogP contribution in [0.1, 0.15) is 38.5 Å². The van der Waals surface area contributed by atoms with E-state index in [4.69, 9.17) is 4.74 Å². The number of nitrogens with one attached hydrogen (secondary N) is 2. The van der Waals surface area contributed by atoms with Gasteiger partial charge >= 0.3 is 0 Å². The molecule has 1 saturated carbocycles. The second-order valence-electron chi connectivity index (χ2n) is 6.34. The normalized spacial score (nSPS) is 29.8. The lowest BCUT2D eigenvalue weighted by Crippen LogP contribution is -2.46. The van der Waals surface area contributed by atoms with Gasteiger partial charge in [0.1, 0.15) is 0 Å². The minimum atomic E-state index is 0.263. The summed E-state index contributed by atoms with van der Waals surface area (Å²) < 4.78 is 5.57. The summed E-state index contributed by atoms with van der Waals surface area (Å²) in [4.78, 5) is 14.5. The maximum Gasteiger partial charge on any atom is 0.236 e. The Hall–Kier alpha value is -0.650. The van der Waals surface area contributed by atoms with Crippen molar-refractivity contribution in [3.05, 3.63) is 0 Å². The van der Waals surface area contributed by atoms with Crippen LogP contribution in [0.4, 0.5) is 0 Å². The molecule has 2 saturated heterocycles. The molecule has 1 aliphatic carbocycles. The minimum absolute atomic E-state index is 0.263. The lowest BCUT2D eigenvalue weighted by molar-refractivity contribution is -0.131. The van der Waals surface area contributed by atoms with Crippen LogP contribution >= 0.6 is 0 Å². The molecule has 1 amide bonds. The topological polar surface area (TPSA) is 53.6 Å². The first kappa shape index (κ1) is 14.3. The van der Waals surface area contributed by atoms with Crippen molar-refractivity contribution >= 4 is 5.91 Å². The molecule has 2 aliphatic heterocycles. The molecule has 3 rings (SSSR count). The van der Waals surface area contributed by atoms with Crippen LogP contribution in [0.3, 0.4) is 0 Å². The maximum absolute atomic E-state index is 12.4. The molecule has 114 valence electrons. The lowest BCUT2D eigenvalue weighted by Gasteiger charge is -2.26. The molecule has 0 bridgehead atoms. The van der Waals surface area contributed by atoms with E-state index in [-0.39, 0.29) is 5.91 Å². The monoisotopic (exact) mass is 281 g/mol. The zero-order chi connectivity index (χ0) is 13.8. The van der Waals surface area contributed by atoms with Crippen molar-refractivity contribution < 1.29 is 9.53 Å². The number of rotatable bonds is 7. The van der Waals surface area contributed by atoms with Crippen LogP contribution in [0, 0.1) is 0 Å². The Kier molecular flexibility index (Phi) is 4.91. The van der Waals surface area contributed by atoms with Crippen molar-refractivity contribution in [3.63, 3.8) is 0 Å². The summed E-state index contributed by atoms with van der Waals surface area (Å²) >= 11 is 0. The molecule has 2 N–H and O–H groups in total. The van der Waals surface area contributed by atoms with Crippen LogP contribution in [0.25, 0.3) is 0 Å².